The second-order valence-electron chi connectivity index (χ2n) is 9.93. The van der Waals surface area contributed by atoms with Gasteiger partial charge in [-0.15, -0.1) is 11.3 Å². The maximum atomic E-state index is 9.72. The number of hydrogen-bond acceptors (Lipinski definition) is 4. The van der Waals surface area contributed by atoms with Crippen LogP contribution in [0.25, 0.3) is 0 Å². The van der Waals surface area contributed by atoms with E-state index < -0.39 is 6.10 Å². The van der Waals surface area contributed by atoms with Crippen LogP contribution < -0.4 is 0 Å². The highest BCUT2D eigenvalue weighted by Gasteiger charge is 2.69. The first-order chi connectivity index (χ1) is 13.4. The molecule has 2 bridgehead atoms. The van der Waals surface area contributed by atoms with E-state index in [1.54, 1.807) is 11.3 Å². The summed E-state index contributed by atoms with van der Waals surface area (Å²) in [5, 5.41) is 9.72. The molecule has 0 unspecified atom stereocenters. The lowest BCUT2D eigenvalue weighted by Crippen LogP contribution is -2.38. The molecular weight excluding hydrogens is 366 g/mol. The Morgan fingerprint density at radius 1 is 1.29 bits per heavy atom. The van der Waals surface area contributed by atoms with Crippen molar-refractivity contribution in [1.29, 1.82) is 5.26 Å². The van der Waals surface area contributed by atoms with Crippen LogP contribution in [0.1, 0.15) is 88.5 Å². The Labute approximate surface area is 174 Å². The van der Waals surface area contributed by atoms with Gasteiger partial charge in [0.2, 0.25) is 0 Å². The van der Waals surface area contributed by atoms with Gasteiger partial charge >= 0.3 is 0 Å². The van der Waals surface area contributed by atoms with Crippen LogP contribution in [0.5, 0.6) is 0 Å². The van der Waals surface area contributed by atoms with E-state index in [9.17, 15) is 5.26 Å². The minimum Gasteiger partial charge on any atom is -0.348 e. The molecule has 0 radical (unpaired) electrons. The second-order valence-corrected chi connectivity index (χ2v) is 11.1. The van der Waals surface area contributed by atoms with Crippen molar-refractivity contribution in [1.82, 2.24) is 0 Å². The lowest BCUT2D eigenvalue weighted by molar-refractivity contribution is -0.177. The van der Waals surface area contributed by atoms with E-state index in [4.69, 9.17) is 9.47 Å². The maximum absolute atomic E-state index is 9.72. The van der Waals surface area contributed by atoms with Gasteiger partial charge in [0.15, 0.2) is 12.4 Å². The molecule has 1 aromatic rings. The summed E-state index contributed by atoms with van der Waals surface area (Å²) in [6.45, 7) is 9.50. The van der Waals surface area contributed by atoms with Gasteiger partial charge in [0.1, 0.15) is 6.07 Å². The van der Waals surface area contributed by atoms with Crippen LogP contribution in [0.2, 0.25) is 0 Å². The van der Waals surface area contributed by atoms with Gasteiger partial charge in [-0.25, -0.2) is 0 Å². The molecule has 28 heavy (non-hydrogen) atoms. The van der Waals surface area contributed by atoms with Crippen molar-refractivity contribution in [2.45, 2.75) is 97.6 Å². The quantitative estimate of drug-likeness (QED) is 0.459. The summed E-state index contributed by atoms with van der Waals surface area (Å²) >= 11 is 1.74. The highest BCUT2D eigenvalue weighted by molar-refractivity contribution is 7.12. The molecule has 3 fully saturated rings. The third-order valence-electron chi connectivity index (χ3n) is 8.29. The Kier molecular flexibility index (Phi) is 5.64. The molecule has 2 saturated carbocycles. The molecule has 1 aliphatic heterocycles. The molecule has 0 amide bonds. The van der Waals surface area contributed by atoms with Crippen molar-refractivity contribution >= 4 is 11.3 Å². The number of thiophene rings is 1. The second kappa shape index (κ2) is 7.74. The number of nitriles is 1. The van der Waals surface area contributed by atoms with Gasteiger partial charge < -0.3 is 9.47 Å². The fourth-order valence-corrected chi connectivity index (χ4v) is 7.32. The summed E-state index contributed by atoms with van der Waals surface area (Å²) in [5.74, 6) is 1.32. The Morgan fingerprint density at radius 3 is 2.82 bits per heavy atom. The molecule has 1 aromatic heterocycles. The van der Waals surface area contributed by atoms with Gasteiger partial charge in [-0.3, -0.25) is 0 Å². The van der Waals surface area contributed by atoms with Crippen molar-refractivity contribution < 1.29 is 9.47 Å². The van der Waals surface area contributed by atoms with Gasteiger partial charge in [0.05, 0.1) is 6.10 Å². The van der Waals surface area contributed by atoms with Crippen molar-refractivity contribution in [3.63, 3.8) is 0 Å². The number of unbranched alkanes of at least 4 members (excludes halogenated alkanes) is 3. The number of hydrogen-bond donors (Lipinski definition) is 0. The standard InChI is InChI=1S/C24H35NO2S/c1-5-6-7-8-9-16-10-11-20(28-16)19(15-25)26-21-14-17-18-12-13-24(4,22(17)27-21)23(18,2)3/h10-11,17-19,21-22H,5-9,12-14H2,1-4H3/t17-,18+,19+,21-,22-,24-/m0/s1. The molecule has 2 aliphatic carbocycles. The predicted octanol–water partition coefficient (Wildman–Crippen LogP) is 6.64. The highest BCUT2D eigenvalue weighted by atomic mass is 32.1. The predicted molar refractivity (Wildman–Crippen MR) is 113 cm³/mol. The number of fused-ring (bicyclic) bond motifs is 5. The van der Waals surface area contributed by atoms with Crippen molar-refractivity contribution in [2.24, 2.45) is 22.7 Å². The molecule has 4 heteroatoms. The zero-order valence-electron chi connectivity index (χ0n) is 17.9. The van der Waals surface area contributed by atoms with Crippen molar-refractivity contribution in [2.75, 3.05) is 0 Å². The lowest BCUT2D eigenvalue weighted by atomic mass is 9.70. The van der Waals surface area contributed by atoms with E-state index in [0.29, 0.717) is 17.4 Å². The third kappa shape index (κ3) is 3.24. The SMILES string of the molecule is CCCCCCc1ccc([C@@H](C#N)O[C@@H]2C[C@H]3[C@H]4CC[C@@](C)([C@H]3O2)C4(C)C)s1. The minimum atomic E-state index is -0.503. The smallest absolute Gasteiger partial charge is 0.181 e. The maximum Gasteiger partial charge on any atom is 0.181 e. The molecule has 3 aliphatic rings. The van der Waals surface area contributed by atoms with E-state index in [1.165, 1.54) is 43.4 Å². The van der Waals surface area contributed by atoms with Crippen LogP contribution in [-0.4, -0.2) is 12.4 Å². The average Bonchev–Trinajstić information content (AvgIpc) is 3.38. The van der Waals surface area contributed by atoms with Crippen LogP contribution in [0.4, 0.5) is 0 Å². The van der Waals surface area contributed by atoms with E-state index in [-0.39, 0.29) is 11.7 Å². The van der Waals surface area contributed by atoms with E-state index in [0.717, 1.165) is 23.6 Å². The molecular formula is C24H35NO2S. The normalized spacial score (nSPS) is 36.4. The number of nitrogens with zero attached hydrogens (tertiary/aromatic N) is 1. The summed E-state index contributed by atoms with van der Waals surface area (Å²) < 4.78 is 12.6. The Bertz CT molecular complexity index is 735. The van der Waals surface area contributed by atoms with Gasteiger partial charge in [-0.1, -0.05) is 47.0 Å². The minimum absolute atomic E-state index is 0.231. The van der Waals surface area contributed by atoms with Crippen molar-refractivity contribution in [3.8, 4) is 6.07 Å². The molecule has 0 aromatic carbocycles. The number of ether oxygens (including phenoxy) is 2. The first kappa shape index (κ1) is 20.4. The molecule has 2 heterocycles. The van der Waals surface area contributed by atoms with Gasteiger partial charge in [-0.2, -0.15) is 5.26 Å². The molecule has 154 valence electrons. The zero-order valence-corrected chi connectivity index (χ0v) is 18.7. The highest BCUT2D eigenvalue weighted by Crippen LogP contribution is 2.71. The van der Waals surface area contributed by atoms with Crippen LogP contribution in [-0.2, 0) is 15.9 Å². The van der Waals surface area contributed by atoms with Crippen LogP contribution in [0.15, 0.2) is 12.1 Å². The van der Waals surface area contributed by atoms with Crippen LogP contribution >= 0.6 is 11.3 Å². The molecule has 3 nitrogen and oxygen atoms in total. The first-order valence-electron chi connectivity index (χ1n) is 11.2. The van der Waals surface area contributed by atoms with Gasteiger partial charge in [0, 0.05) is 16.2 Å². The van der Waals surface area contributed by atoms with E-state index in [2.05, 4.69) is 45.9 Å². The van der Waals surface area contributed by atoms with E-state index >= 15 is 0 Å². The number of aryl methyl sites for hydroxylation is 1. The van der Waals surface area contributed by atoms with E-state index in [1.807, 2.05) is 0 Å². The Hall–Kier alpha value is -0.890. The number of rotatable bonds is 8. The third-order valence-corrected chi connectivity index (χ3v) is 9.48. The molecule has 6 atom stereocenters. The van der Waals surface area contributed by atoms with Crippen molar-refractivity contribution in [3.05, 3.63) is 21.9 Å². The summed E-state index contributed by atoms with van der Waals surface area (Å²) in [7, 11) is 0. The fraction of sp³-hybridized carbons (Fsp3) is 0.792. The van der Waals surface area contributed by atoms with Crippen LogP contribution in [0, 0.1) is 34.0 Å². The Morgan fingerprint density at radius 2 is 2.11 bits per heavy atom. The topological polar surface area (TPSA) is 42.2 Å². The molecule has 0 N–H and O–H groups in total. The monoisotopic (exact) mass is 401 g/mol. The first-order valence-corrected chi connectivity index (χ1v) is 12.0. The molecule has 4 rings (SSSR count). The molecule has 1 saturated heterocycles. The summed E-state index contributed by atoms with van der Waals surface area (Å²) in [5.41, 5.74) is 0.597. The average molecular weight is 402 g/mol. The Balaban J connectivity index is 1.36. The fourth-order valence-electron chi connectivity index (χ4n) is 6.28. The lowest BCUT2D eigenvalue weighted by Gasteiger charge is -2.38. The van der Waals surface area contributed by atoms with Gasteiger partial charge in [-0.05, 0) is 60.5 Å². The molecule has 0 spiro atoms. The summed E-state index contributed by atoms with van der Waals surface area (Å²) in [6, 6.07) is 6.63. The zero-order chi connectivity index (χ0) is 19.9. The summed E-state index contributed by atoms with van der Waals surface area (Å²) in [6.07, 6.45) is 9.28. The van der Waals surface area contributed by atoms with Crippen LogP contribution in [0.3, 0.4) is 0 Å². The largest absolute Gasteiger partial charge is 0.348 e. The summed E-state index contributed by atoms with van der Waals surface area (Å²) in [4.78, 5) is 2.40. The van der Waals surface area contributed by atoms with Gasteiger partial charge in [0.25, 0.3) is 0 Å².